The molecule has 0 amide bonds. The molecule has 1 aromatic rings. The van der Waals surface area contributed by atoms with Crippen molar-refractivity contribution in [3.8, 4) is 0 Å². The molecular weight excluding hydrogens is 238 g/mol. The summed E-state index contributed by atoms with van der Waals surface area (Å²) in [6.07, 6.45) is 4.31. The Morgan fingerprint density at radius 2 is 2.00 bits per heavy atom. The van der Waals surface area contributed by atoms with Crippen LogP contribution in [0.5, 0.6) is 0 Å². The van der Waals surface area contributed by atoms with Gasteiger partial charge >= 0.3 is 0 Å². The first-order valence-electron chi connectivity index (χ1n) is 4.89. The van der Waals surface area contributed by atoms with Gasteiger partial charge in [-0.2, -0.15) is 0 Å². The smallest absolute Gasteiger partial charge is 0.0224 e. The lowest BCUT2D eigenvalue weighted by Gasteiger charge is -2.05. The van der Waals surface area contributed by atoms with E-state index in [1.165, 1.54) is 5.56 Å². The first-order chi connectivity index (χ1) is 6.72. The standard InChI is InChI=1S/C12H16BrN/c1-3-14-10(2)4-5-11-6-8-12(13)9-7-11/h4-10,14H,3H2,1-2H3/b5-4+. The molecule has 0 heterocycles. The van der Waals surface area contributed by atoms with Crippen molar-refractivity contribution in [2.45, 2.75) is 19.9 Å². The van der Waals surface area contributed by atoms with Crippen molar-refractivity contribution < 1.29 is 0 Å². The molecule has 0 aromatic heterocycles. The molecule has 1 unspecified atom stereocenters. The number of nitrogens with one attached hydrogen (secondary N) is 1. The summed E-state index contributed by atoms with van der Waals surface area (Å²) in [4.78, 5) is 0. The number of hydrogen-bond acceptors (Lipinski definition) is 1. The van der Waals surface area contributed by atoms with Crippen LogP contribution in [0.1, 0.15) is 19.4 Å². The van der Waals surface area contributed by atoms with Crippen molar-refractivity contribution >= 4 is 22.0 Å². The van der Waals surface area contributed by atoms with Crippen LogP contribution in [0.15, 0.2) is 34.8 Å². The second kappa shape index (κ2) is 5.99. The molecule has 1 nitrogen and oxygen atoms in total. The molecule has 0 aliphatic heterocycles. The summed E-state index contributed by atoms with van der Waals surface area (Å²) in [6, 6.07) is 8.73. The molecule has 0 saturated carbocycles. The molecular formula is C12H16BrN. The second-order valence-electron chi connectivity index (χ2n) is 3.26. The Labute approximate surface area is 94.3 Å². The highest BCUT2D eigenvalue weighted by Crippen LogP contribution is 2.11. The van der Waals surface area contributed by atoms with Gasteiger partial charge in [0, 0.05) is 10.5 Å². The lowest BCUT2D eigenvalue weighted by atomic mass is 10.2. The molecule has 0 aliphatic rings. The number of rotatable bonds is 4. The highest BCUT2D eigenvalue weighted by atomic mass is 79.9. The van der Waals surface area contributed by atoms with Crippen LogP contribution in [0, 0.1) is 0 Å². The Bertz CT molecular complexity index is 290. The summed E-state index contributed by atoms with van der Waals surface area (Å²) in [5, 5.41) is 3.33. The predicted octanol–water partition coefficient (Wildman–Crippen LogP) is 3.46. The first-order valence-corrected chi connectivity index (χ1v) is 5.69. The van der Waals surface area contributed by atoms with E-state index in [-0.39, 0.29) is 0 Å². The van der Waals surface area contributed by atoms with Crippen LogP contribution < -0.4 is 5.32 Å². The fraction of sp³-hybridized carbons (Fsp3) is 0.333. The van der Waals surface area contributed by atoms with E-state index in [4.69, 9.17) is 0 Å². The Morgan fingerprint density at radius 3 is 2.57 bits per heavy atom. The molecule has 14 heavy (non-hydrogen) atoms. The van der Waals surface area contributed by atoms with Gasteiger partial charge in [-0.05, 0) is 31.2 Å². The van der Waals surface area contributed by atoms with E-state index in [0.717, 1.165) is 11.0 Å². The molecule has 1 rings (SSSR count). The zero-order valence-electron chi connectivity index (χ0n) is 8.63. The maximum absolute atomic E-state index is 3.41. The molecule has 0 radical (unpaired) electrons. The maximum atomic E-state index is 3.41. The zero-order chi connectivity index (χ0) is 10.4. The van der Waals surface area contributed by atoms with Crippen molar-refractivity contribution in [1.82, 2.24) is 5.32 Å². The minimum Gasteiger partial charge on any atom is -0.311 e. The molecule has 0 aliphatic carbocycles. The summed E-state index contributed by atoms with van der Waals surface area (Å²) in [7, 11) is 0. The van der Waals surface area contributed by atoms with Gasteiger partial charge in [-0.15, -0.1) is 0 Å². The fourth-order valence-electron chi connectivity index (χ4n) is 1.22. The number of likely N-dealkylation sites (N-methyl/N-ethyl adjacent to an activating group) is 1. The van der Waals surface area contributed by atoms with Gasteiger partial charge in [0.2, 0.25) is 0 Å². The molecule has 76 valence electrons. The van der Waals surface area contributed by atoms with Crippen LogP contribution >= 0.6 is 15.9 Å². The van der Waals surface area contributed by atoms with E-state index in [1.807, 2.05) is 0 Å². The van der Waals surface area contributed by atoms with E-state index >= 15 is 0 Å². The molecule has 0 spiro atoms. The Morgan fingerprint density at radius 1 is 1.36 bits per heavy atom. The van der Waals surface area contributed by atoms with Gasteiger partial charge in [0.15, 0.2) is 0 Å². The SMILES string of the molecule is CCNC(C)/C=C/c1ccc(Br)cc1. The van der Waals surface area contributed by atoms with Gasteiger partial charge in [-0.3, -0.25) is 0 Å². The molecule has 1 N–H and O–H groups in total. The van der Waals surface area contributed by atoms with Gasteiger partial charge in [0.05, 0.1) is 0 Å². The van der Waals surface area contributed by atoms with Gasteiger partial charge in [0.25, 0.3) is 0 Å². The third-order valence-electron chi connectivity index (χ3n) is 1.97. The third-order valence-corrected chi connectivity index (χ3v) is 2.50. The average molecular weight is 254 g/mol. The van der Waals surface area contributed by atoms with Crippen molar-refractivity contribution in [2.24, 2.45) is 0 Å². The van der Waals surface area contributed by atoms with Gasteiger partial charge in [-0.25, -0.2) is 0 Å². The molecule has 1 aromatic carbocycles. The molecule has 1 atom stereocenters. The first kappa shape index (κ1) is 11.5. The number of hydrogen-bond donors (Lipinski definition) is 1. The highest BCUT2D eigenvalue weighted by Gasteiger charge is 1.92. The van der Waals surface area contributed by atoms with Crippen LogP contribution in [-0.4, -0.2) is 12.6 Å². The quantitative estimate of drug-likeness (QED) is 0.867. The largest absolute Gasteiger partial charge is 0.311 e. The normalized spacial score (nSPS) is 13.4. The lowest BCUT2D eigenvalue weighted by Crippen LogP contribution is -2.22. The molecule has 0 fully saturated rings. The van der Waals surface area contributed by atoms with Crippen molar-refractivity contribution in [3.05, 3.63) is 40.4 Å². The van der Waals surface area contributed by atoms with Gasteiger partial charge in [-0.1, -0.05) is 47.1 Å². The lowest BCUT2D eigenvalue weighted by molar-refractivity contribution is 0.663. The summed E-state index contributed by atoms with van der Waals surface area (Å²) >= 11 is 3.41. The average Bonchev–Trinajstić information content (AvgIpc) is 2.17. The summed E-state index contributed by atoms with van der Waals surface area (Å²) < 4.78 is 1.12. The van der Waals surface area contributed by atoms with E-state index in [1.54, 1.807) is 0 Å². The summed E-state index contributed by atoms with van der Waals surface area (Å²) in [6.45, 7) is 5.27. The molecule has 2 heteroatoms. The van der Waals surface area contributed by atoms with Crippen LogP contribution in [0.25, 0.3) is 6.08 Å². The third kappa shape index (κ3) is 4.07. The molecule has 0 saturated heterocycles. The van der Waals surface area contributed by atoms with Crippen molar-refractivity contribution in [2.75, 3.05) is 6.54 Å². The van der Waals surface area contributed by atoms with Crippen LogP contribution in [0.4, 0.5) is 0 Å². The Balaban J connectivity index is 2.55. The predicted molar refractivity (Wildman–Crippen MR) is 66.3 cm³/mol. The molecule has 0 bridgehead atoms. The fourth-order valence-corrected chi connectivity index (χ4v) is 1.48. The van der Waals surface area contributed by atoms with Crippen LogP contribution in [0.3, 0.4) is 0 Å². The summed E-state index contributed by atoms with van der Waals surface area (Å²) in [5.41, 5.74) is 1.23. The highest BCUT2D eigenvalue weighted by molar-refractivity contribution is 9.10. The van der Waals surface area contributed by atoms with Gasteiger partial charge in [0.1, 0.15) is 0 Å². The maximum Gasteiger partial charge on any atom is 0.0224 e. The van der Waals surface area contributed by atoms with Crippen molar-refractivity contribution in [3.63, 3.8) is 0 Å². The second-order valence-corrected chi connectivity index (χ2v) is 4.17. The monoisotopic (exact) mass is 253 g/mol. The number of benzene rings is 1. The van der Waals surface area contributed by atoms with E-state index in [9.17, 15) is 0 Å². The minimum absolute atomic E-state index is 0.434. The Hall–Kier alpha value is -0.600. The van der Waals surface area contributed by atoms with E-state index in [0.29, 0.717) is 6.04 Å². The Kier molecular flexibility index (Phi) is 4.91. The van der Waals surface area contributed by atoms with E-state index in [2.05, 4.69) is 71.5 Å². The number of halogens is 1. The van der Waals surface area contributed by atoms with Crippen molar-refractivity contribution in [1.29, 1.82) is 0 Å². The zero-order valence-corrected chi connectivity index (χ0v) is 10.2. The van der Waals surface area contributed by atoms with Crippen LogP contribution in [0.2, 0.25) is 0 Å². The van der Waals surface area contributed by atoms with E-state index < -0.39 is 0 Å². The minimum atomic E-state index is 0.434. The van der Waals surface area contributed by atoms with Gasteiger partial charge < -0.3 is 5.32 Å². The topological polar surface area (TPSA) is 12.0 Å². The van der Waals surface area contributed by atoms with Crippen LogP contribution in [-0.2, 0) is 0 Å². The summed E-state index contributed by atoms with van der Waals surface area (Å²) in [5.74, 6) is 0.